The summed E-state index contributed by atoms with van der Waals surface area (Å²) in [7, 11) is 0. The standard InChI is InChI=1S/C16H23N3O2/c1-3-6-18-7-9-19(10-8-18)16-13(2)11-14(12-17-16)4-5-15(20)21/h4-5,11-12H,3,6-10H2,1-2H3,(H,20,21)/b5-4+. The van der Waals surface area contributed by atoms with Crippen LogP contribution in [0.3, 0.4) is 0 Å². The van der Waals surface area contributed by atoms with E-state index in [-0.39, 0.29) is 0 Å². The van der Waals surface area contributed by atoms with Crippen LogP contribution in [0.2, 0.25) is 0 Å². The van der Waals surface area contributed by atoms with E-state index in [1.807, 2.05) is 13.0 Å². The van der Waals surface area contributed by atoms with Crippen LogP contribution >= 0.6 is 0 Å². The number of pyridine rings is 1. The van der Waals surface area contributed by atoms with Gasteiger partial charge in [0, 0.05) is 38.5 Å². The Morgan fingerprint density at radius 3 is 2.67 bits per heavy atom. The molecule has 0 radical (unpaired) electrons. The molecule has 1 aliphatic rings. The molecule has 2 heterocycles. The highest BCUT2D eigenvalue weighted by Crippen LogP contribution is 2.20. The van der Waals surface area contributed by atoms with E-state index in [1.54, 1.807) is 12.3 Å². The highest BCUT2D eigenvalue weighted by atomic mass is 16.4. The summed E-state index contributed by atoms with van der Waals surface area (Å²) in [5, 5.41) is 8.65. The quantitative estimate of drug-likeness (QED) is 0.840. The van der Waals surface area contributed by atoms with Gasteiger partial charge >= 0.3 is 5.97 Å². The fourth-order valence-corrected chi connectivity index (χ4v) is 2.68. The number of hydrogen-bond acceptors (Lipinski definition) is 4. The van der Waals surface area contributed by atoms with Crippen molar-refractivity contribution in [1.82, 2.24) is 9.88 Å². The molecule has 5 heteroatoms. The predicted octanol–water partition coefficient (Wildman–Crippen LogP) is 2.02. The number of hydrogen-bond donors (Lipinski definition) is 1. The number of aryl methyl sites for hydroxylation is 1. The van der Waals surface area contributed by atoms with E-state index in [9.17, 15) is 4.79 Å². The van der Waals surface area contributed by atoms with Gasteiger partial charge in [0.2, 0.25) is 0 Å². The van der Waals surface area contributed by atoms with E-state index in [0.717, 1.165) is 49.2 Å². The van der Waals surface area contributed by atoms with Crippen molar-refractivity contribution in [3.8, 4) is 0 Å². The molecular formula is C16H23N3O2. The molecule has 0 bridgehead atoms. The maximum Gasteiger partial charge on any atom is 0.328 e. The highest BCUT2D eigenvalue weighted by Gasteiger charge is 2.18. The first kappa shape index (κ1) is 15.5. The third-order valence-corrected chi connectivity index (χ3v) is 3.70. The molecule has 1 N–H and O–H groups in total. The lowest BCUT2D eigenvalue weighted by Gasteiger charge is -2.35. The molecule has 0 amide bonds. The molecule has 0 aliphatic carbocycles. The Morgan fingerprint density at radius 1 is 1.38 bits per heavy atom. The molecule has 0 atom stereocenters. The minimum absolute atomic E-state index is 0.822. The normalized spacial score (nSPS) is 16.6. The fourth-order valence-electron chi connectivity index (χ4n) is 2.68. The van der Waals surface area contributed by atoms with Gasteiger partial charge in [-0.15, -0.1) is 0 Å². The van der Waals surface area contributed by atoms with Gasteiger partial charge in [0.25, 0.3) is 0 Å². The Bertz CT molecular complexity index is 520. The molecule has 1 aliphatic heterocycles. The van der Waals surface area contributed by atoms with Crippen LogP contribution in [0.1, 0.15) is 24.5 Å². The average molecular weight is 289 g/mol. The highest BCUT2D eigenvalue weighted by molar-refractivity contribution is 5.85. The summed E-state index contributed by atoms with van der Waals surface area (Å²) in [6, 6.07) is 1.99. The summed E-state index contributed by atoms with van der Waals surface area (Å²) in [5.74, 6) is 0.0717. The van der Waals surface area contributed by atoms with Gasteiger partial charge in [0.1, 0.15) is 5.82 Å². The Hall–Kier alpha value is -1.88. The van der Waals surface area contributed by atoms with Crippen molar-refractivity contribution in [2.45, 2.75) is 20.3 Å². The van der Waals surface area contributed by atoms with Crippen LogP contribution in [0.4, 0.5) is 5.82 Å². The van der Waals surface area contributed by atoms with Gasteiger partial charge in [-0.25, -0.2) is 9.78 Å². The number of aromatic nitrogens is 1. The van der Waals surface area contributed by atoms with Crippen molar-refractivity contribution in [3.05, 3.63) is 29.5 Å². The summed E-state index contributed by atoms with van der Waals surface area (Å²) in [5.41, 5.74) is 1.91. The average Bonchev–Trinajstić information content (AvgIpc) is 2.47. The lowest BCUT2D eigenvalue weighted by atomic mass is 10.1. The van der Waals surface area contributed by atoms with Crippen LogP contribution in [-0.4, -0.2) is 53.7 Å². The lowest BCUT2D eigenvalue weighted by molar-refractivity contribution is -0.131. The van der Waals surface area contributed by atoms with E-state index in [2.05, 4.69) is 21.7 Å². The van der Waals surface area contributed by atoms with Gasteiger partial charge in [-0.1, -0.05) is 6.92 Å². The molecule has 5 nitrogen and oxygen atoms in total. The van der Waals surface area contributed by atoms with Gasteiger partial charge in [-0.05, 0) is 43.2 Å². The molecule has 1 saturated heterocycles. The number of carboxylic acid groups (broad SMARTS) is 1. The predicted molar refractivity (Wildman–Crippen MR) is 84.6 cm³/mol. The first-order valence-corrected chi connectivity index (χ1v) is 7.45. The smallest absolute Gasteiger partial charge is 0.328 e. The van der Waals surface area contributed by atoms with Crippen molar-refractivity contribution in [1.29, 1.82) is 0 Å². The molecule has 1 aromatic rings. The third-order valence-electron chi connectivity index (χ3n) is 3.70. The van der Waals surface area contributed by atoms with E-state index in [1.165, 1.54) is 13.0 Å². The Kier molecular flexibility index (Phi) is 5.33. The minimum Gasteiger partial charge on any atom is -0.478 e. The molecule has 0 spiro atoms. The maximum atomic E-state index is 10.5. The zero-order chi connectivity index (χ0) is 15.2. The number of rotatable bonds is 5. The van der Waals surface area contributed by atoms with Crippen molar-refractivity contribution >= 4 is 17.9 Å². The second kappa shape index (κ2) is 7.22. The monoisotopic (exact) mass is 289 g/mol. The number of carbonyl (C=O) groups is 1. The number of aliphatic carboxylic acids is 1. The zero-order valence-corrected chi connectivity index (χ0v) is 12.7. The third kappa shape index (κ3) is 4.29. The van der Waals surface area contributed by atoms with E-state index in [4.69, 9.17) is 5.11 Å². The molecule has 1 aromatic heterocycles. The molecule has 114 valence electrons. The molecule has 1 fully saturated rings. The van der Waals surface area contributed by atoms with Crippen LogP contribution in [0.25, 0.3) is 6.08 Å². The lowest BCUT2D eigenvalue weighted by Crippen LogP contribution is -2.47. The molecule has 2 rings (SSSR count). The van der Waals surface area contributed by atoms with Crippen LogP contribution < -0.4 is 4.90 Å². The van der Waals surface area contributed by atoms with Crippen molar-refractivity contribution in [2.75, 3.05) is 37.6 Å². The van der Waals surface area contributed by atoms with Gasteiger partial charge in [0.15, 0.2) is 0 Å². The van der Waals surface area contributed by atoms with Gasteiger partial charge in [-0.2, -0.15) is 0 Å². The SMILES string of the molecule is CCCN1CCN(c2ncc(/C=C/C(=O)O)cc2C)CC1. The summed E-state index contributed by atoms with van der Waals surface area (Å²) in [6.07, 6.45) is 5.65. The minimum atomic E-state index is -0.941. The Labute approximate surface area is 125 Å². The fraction of sp³-hybridized carbons (Fsp3) is 0.500. The first-order valence-electron chi connectivity index (χ1n) is 7.45. The second-order valence-electron chi connectivity index (χ2n) is 5.41. The summed E-state index contributed by atoms with van der Waals surface area (Å²) >= 11 is 0. The van der Waals surface area contributed by atoms with Gasteiger partial charge in [0.05, 0.1) is 0 Å². The summed E-state index contributed by atoms with van der Waals surface area (Å²) in [4.78, 5) is 19.8. The number of nitrogens with zero attached hydrogens (tertiary/aromatic N) is 3. The zero-order valence-electron chi connectivity index (χ0n) is 12.7. The Balaban J connectivity index is 2.03. The van der Waals surface area contributed by atoms with Crippen LogP contribution in [0.5, 0.6) is 0 Å². The Morgan fingerprint density at radius 2 is 2.10 bits per heavy atom. The van der Waals surface area contributed by atoms with Crippen LogP contribution in [-0.2, 0) is 4.79 Å². The molecular weight excluding hydrogens is 266 g/mol. The van der Waals surface area contributed by atoms with Crippen molar-refractivity contribution in [3.63, 3.8) is 0 Å². The first-order chi connectivity index (χ1) is 10.1. The topological polar surface area (TPSA) is 56.7 Å². The van der Waals surface area contributed by atoms with Crippen molar-refractivity contribution in [2.24, 2.45) is 0 Å². The van der Waals surface area contributed by atoms with E-state index >= 15 is 0 Å². The van der Waals surface area contributed by atoms with Gasteiger partial charge in [-0.3, -0.25) is 4.90 Å². The number of piperazine rings is 1. The molecule has 0 unspecified atom stereocenters. The summed E-state index contributed by atoms with van der Waals surface area (Å²) < 4.78 is 0. The largest absolute Gasteiger partial charge is 0.478 e. The summed E-state index contributed by atoms with van der Waals surface area (Å²) in [6.45, 7) is 9.56. The van der Waals surface area contributed by atoms with Crippen LogP contribution in [0, 0.1) is 6.92 Å². The van der Waals surface area contributed by atoms with Crippen molar-refractivity contribution < 1.29 is 9.90 Å². The second-order valence-corrected chi connectivity index (χ2v) is 5.41. The molecule has 0 saturated carbocycles. The maximum absolute atomic E-state index is 10.5. The molecule has 0 aromatic carbocycles. The van der Waals surface area contributed by atoms with E-state index in [0.29, 0.717) is 0 Å². The van der Waals surface area contributed by atoms with Gasteiger partial charge < -0.3 is 10.0 Å². The van der Waals surface area contributed by atoms with E-state index < -0.39 is 5.97 Å². The molecule has 21 heavy (non-hydrogen) atoms. The number of carboxylic acids is 1. The number of anilines is 1. The van der Waals surface area contributed by atoms with Crippen LogP contribution in [0.15, 0.2) is 18.3 Å².